The van der Waals surface area contributed by atoms with Gasteiger partial charge in [0.1, 0.15) is 6.04 Å². The topological polar surface area (TPSA) is 139 Å². The van der Waals surface area contributed by atoms with Crippen molar-refractivity contribution in [2.45, 2.75) is 19.4 Å². The normalized spacial score (nSPS) is 11.5. The summed E-state index contributed by atoms with van der Waals surface area (Å²) in [5.74, 6) is -1.63. The summed E-state index contributed by atoms with van der Waals surface area (Å²) in [5.41, 5.74) is 11.7. The second-order valence-corrected chi connectivity index (χ2v) is 4.43. The lowest BCUT2D eigenvalue weighted by Gasteiger charge is -2.30. The van der Waals surface area contributed by atoms with Crippen molar-refractivity contribution in [3.05, 3.63) is 24.3 Å². The predicted molar refractivity (Wildman–Crippen MR) is 77.6 cm³/mol. The molecule has 0 aliphatic carbocycles. The molecule has 0 heterocycles. The maximum absolute atomic E-state index is 11.9. The summed E-state index contributed by atoms with van der Waals surface area (Å²) in [7, 11) is 0. The highest BCUT2D eigenvalue weighted by atomic mass is 16.4. The van der Waals surface area contributed by atoms with Gasteiger partial charge in [-0.25, -0.2) is 4.79 Å². The van der Waals surface area contributed by atoms with E-state index in [9.17, 15) is 14.4 Å². The molecule has 0 spiro atoms. The van der Waals surface area contributed by atoms with E-state index < -0.39 is 23.9 Å². The van der Waals surface area contributed by atoms with Gasteiger partial charge in [0, 0.05) is 6.54 Å². The standard InChI is InChI=1S/C13H18N4O4/c1-8(12(20)16-13(15)21)17(7-6-11(18)19)10-5-3-2-4-9(10)14/h2-5,8H,6-7,14H2,1H3,(H,18,19)(H3,15,16,20,21). The minimum Gasteiger partial charge on any atom is -0.481 e. The fourth-order valence-electron chi connectivity index (χ4n) is 1.86. The molecule has 1 aromatic rings. The molecule has 1 unspecified atom stereocenters. The number of urea groups is 1. The van der Waals surface area contributed by atoms with Gasteiger partial charge in [-0.2, -0.15) is 0 Å². The molecule has 0 saturated heterocycles. The quantitative estimate of drug-likeness (QED) is 0.550. The smallest absolute Gasteiger partial charge is 0.318 e. The summed E-state index contributed by atoms with van der Waals surface area (Å²) in [6.07, 6.45) is -0.178. The first-order valence-electron chi connectivity index (χ1n) is 6.26. The fourth-order valence-corrected chi connectivity index (χ4v) is 1.86. The molecule has 8 heteroatoms. The highest BCUT2D eigenvalue weighted by Gasteiger charge is 2.24. The second-order valence-electron chi connectivity index (χ2n) is 4.43. The van der Waals surface area contributed by atoms with Gasteiger partial charge in [-0.1, -0.05) is 12.1 Å². The number of nitrogens with zero attached hydrogens (tertiary/aromatic N) is 1. The molecular formula is C13H18N4O4. The Bertz CT molecular complexity index is 547. The number of nitrogen functional groups attached to an aromatic ring is 1. The van der Waals surface area contributed by atoms with Crippen molar-refractivity contribution in [3.8, 4) is 0 Å². The van der Waals surface area contributed by atoms with Crippen molar-refractivity contribution in [1.82, 2.24) is 5.32 Å². The van der Waals surface area contributed by atoms with Crippen LogP contribution in [0.2, 0.25) is 0 Å². The van der Waals surface area contributed by atoms with Crippen molar-refractivity contribution >= 4 is 29.3 Å². The van der Waals surface area contributed by atoms with E-state index in [2.05, 4.69) is 0 Å². The third-order valence-corrected chi connectivity index (χ3v) is 2.91. The number of amides is 3. The van der Waals surface area contributed by atoms with Crippen molar-refractivity contribution in [2.75, 3.05) is 17.2 Å². The third-order valence-electron chi connectivity index (χ3n) is 2.91. The molecule has 0 saturated carbocycles. The minimum absolute atomic E-state index is 0.0664. The van der Waals surface area contributed by atoms with Crippen LogP contribution in [-0.2, 0) is 9.59 Å². The molecule has 1 aromatic carbocycles. The molecule has 8 nitrogen and oxygen atoms in total. The van der Waals surface area contributed by atoms with Crippen LogP contribution in [0.25, 0.3) is 0 Å². The third kappa shape index (κ3) is 4.68. The zero-order valence-electron chi connectivity index (χ0n) is 11.6. The van der Waals surface area contributed by atoms with Gasteiger partial charge in [0.05, 0.1) is 17.8 Å². The maximum Gasteiger partial charge on any atom is 0.318 e. The van der Waals surface area contributed by atoms with Crippen molar-refractivity contribution in [1.29, 1.82) is 0 Å². The number of hydrogen-bond acceptors (Lipinski definition) is 5. The van der Waals surface area contributed by atoms with E-state index in [4.69, 9.17) is 16.6 Å². The molecule has 0 radical (unpaired) electrons. The molecule has 6 N–H and O–H groups in total. The Morgan fingerprint density at radius 3 is 2.48 bits per heavy atom. The van der Waals surface area contributed by atoms with Crippen LogP contribution >= 0.6 is 0 Å². The highest BCUT2D eigenvalue weighted by Crippen LogP contribution is 2.24. The van der Waals surface area contributed by atoms with Crippen LogP contribution in [0.3, 0.4) is 0 Å². The van der Waals surface area contributed by atoms with Crippen LogP contribution in [0.1, 0.15) is 13.3 Å². The van der Waals surface area contributed by atoms with E-state index in [1.54, 1.807) is 24.3 Å². The highest BCUT2D eigenvalue weighted by molar-refractivity contribution is 5.98. The molecule has 0 aliphatic rings. The van der Waals surface area contributed by atoms with Gasteiger partial charge in [0.25, 0.3) is 0 Å². The van der Waals surface area contributed by atoms with Crippen LogP contribution in [0.4, 0.5) is 16.2 Å². The minimum atomic E-state index is -1.00. The molecule has 114 valence electrons. The van der Waals surface area contributed by atoms with Crippen LogP contribution in [-0.4, -0.2) is 35.6 Å². The van der Waals surface area contributed by atoms with E-state index in [-0.39, 0.29) is 13.0 Å². The Kier molecular flexibility index (Phi) is 5.53. The number of nitrogens with one attached hydrogen (secondary N) is 1. The Balaban J connectivity index is 3.01. The summed E-state index contributed by atoms with van der Waals surface area (Å²) < 4.78 is 0. The molecule has 3 amide bonds. The lowest BCUT2D eigenvalue weighted by atomic mass is 10.1. The zero-order valence-corrected chi connectivity index (χ0v) is 11.6. The number of para-hydroxylation sites is 2. The van der Waals surface area contributed by atoms with E-state index in [0.717, 1.165) is 0 Å². The van der Waals surface area contributed by atoms with Gasteiger partial charge in [0.2, 0.25) is 5.91 Å². The van der Waals surface area contributed by atoms with Crippen molar-refractivity contribution in [2.24, 2.45) is 5.73 Å². The molecule has 1 rings (SSSR count). The van der Waals surface area contributed by atoms with E-state index in [1.165, 1.54) is 11.8 Å². The number of nitrogens with two attached hydrogens (primary N) is 2. The first kappa shape index (κ1) is 16.3. The van der Waals surface area contributed by atoms with E-state index in [0.29, 0.717) is 11.4 Å². The van der Waals surface area contributed by atoms with E-state index in [1.807, 2.05) is 5.32 Å². The van der Waals surface area contributed by atoms with Crippen LogP contribution in [0.5, 0.6) is 0 Å². The first-order valence-corrected chi connectivity index (χ1v) is 6.26. The second kappa shape index (κ2) is 7.13. The van der Waals surface area contributed by atoms with Crippen LogP contribution in [0.15, 0.2) is 24.3 Å². The maximum atomic E-state index is 11.9. The zero-order chi connectivity index (χ0) is 16.0. The average molecular weight is 294 g/mol. The van der Waals surface area contributed by atoms with Crippen molar-refractivity contribution < 1.29 is 19.5 Å². The number of carbonyl (C=O) groups is 3. The summed E-state index contributed by atoms with van der Waals surface area (Å²) in [4.78, 5) is 34.9. The Morgan fingerprint density at radius 2 is 1.95 bits per heavy atom. The molecule has 0 aromatic heterocycles. The Morgan fingerprint density at radius 1 is 1.33 bits per heavy atom. The molecule has 0 bridgehead atoms. The molecular weight excluding hydrogens is 276 g/mol. The lowest BCUT2D eigenvalue weighted by Crippen LogP contribution is -2.49. The van der Waals surface area contributed by atoms with Gasteiger partial charge >= 0.3 is 12.0 Å². The number of hydrogen-bond donors (Lipinski definition) is 4. The summed E-state index contributed by atoms with van der Waals surface area (Å²) in [6.45, 7) is 1.60. The van der Waals surface area contributed by atoms with Crippen LogP contribution < -0.4 is 21.7 Å². The van der Waals surface area contributed by atoms with Crippen molar-refractivity contribution in [3.63, 3.8) is 0 Å². The van der Waals surface area contributed by atoms with Gasteiger partial charge in [-0.3, -0.25) is 14.9 Å². The number of carboxylic acid groups (broad SMARTS) is 1. The summed E-state index contributed by atoms with van der Waals surface area (Å²) in [5, 5.41) is 10.8. The first-order chi connectivity index (χ1) is 9.82. The van der Waals surface area contributed by atoms with Gasteiger partial charge in [-0.05, 0) is 19.1 Å². The molecule has 21 heavy (non-hydrogen) atoms. The number of anilines is 2. The molecule has 1 atom stereocenters. The lowest BCUT2D eigenvalue weighted by molar-refractivity contribution is -0.137. The number of imide groups is 1. The Labute approximate surface area is 121 Å². The van der Waals surface area contributed by atoms with Crippen LogP contribution in [0, 0.1) is 0 Å². The van der Waals surface area contributed by atoms with Gasteiger partial charge in [-0.15, -0.1) is 0 Å². The number of carbonyl (C=O) groups excluding carboxylic acids is 2. The summed E-state index contributed by atoms with van der Waals surface area (Å²) >= 11 is 0. The average Bonchev–Trinajstić information content (AvgIpc) is 2.39. The number of carboxylic acids is 1. The largest absolute Gasteiger partial charge is 0.481 e. The Hall–Kier alpha value is -2.77. The SMILES string of the molecule is CC(C(=O)NC(N)=O)N(CCC(=O)O)c1ccccc1N. The molecule has 0 fully saturated rings. The van der Waals surface area contributed by atoms with Gasteiger partial charge < -0.3 is 21.5 Å². The summed E-state index contributed by atoms with van der Waals surface area (Å²) in [6, 6.07) is 4.99. The number of benzene rings is 1. The number of rotatable bonds is 6. The fraction of sp³-hybridized carbons (Fsp3) is 0.308. The molecule has 0 aliphatic heterocycles. The predicted octanol–water partition coefficient (Wildman–Crippen LogP) is 0.133. The number of aliphatic carboxylic acids is 1. The number of primary amides is 1. The van der Waals surface area contributed by atoms with E-state index >= 15 is 0 Å². The van der Waals surface area contributed by atoms with Gasteiger partial charge in [0.15, 0.2) is 0 Å². The monoisotopic (exact) mass is 294 g/mol.